The second kappa shape index (κ2) is 8.17. The molecule has 7 nitrogen and oxygen atoms in total. The molecule has 0 saturated heterocycles. The number of carbonyl (C=O) groups is 2. The standard InChI is InChI=1S/C19H28F3N5O2/c1-11(19(20,21)22)15-24-13(12-10-26(6)8-7-9-27(12)15)16(28)25-14(17(29)23-5)18(2,3)4/h14H,1,7-10H2,2-6H3,(H,23,29)(H,25,28). The smallest absolute Gasteiger partial charge is 0.357 e. The van der Waals surface area contributed by atoms with Gasteiger partial charge in [0.15, 0.2) is 5.69 Å². The number of carbonyl (C=O) groups excluding carboxylic acids is 2. The second-order valence-electron chi connectivity index (χ2n) is 8.34. The van der Waals surface area contributed by atoms with Crippen LogP contribution in [0.5, 0.6) is 0 Å². The van der Waals surface area contributed by atoms with Crippen molar-refractivity contribution in [2.45, 2.75) is 52.5 Å². The Kier molecular flexibility index (Phi) is 6.46. The monoisotopic (exact) mass is 415 g/mol. The summed E-state index contributed by atoms with van der Waals surface area (Å²) >= 11 is 0. The van der Waals surface area contributed by atoms with Crippen LogP contribution >= 0.6 is 0 Å². The number of likely N-dealkylation sites (N-methyl/N-ethyl adjacent to an activating group) is 1. The summed E-state index contributed by atoms with van der Waals surface area (Å²) in [6, 6.07) is -0.880. The van der Waals surface area contributed by atoms with Crippen LogP contribution in [0.3, 0.4) is 0 Å². The molecule has 1 aromatic rings. The fourth-order valence-corrected chi connectivity index (χ4v) is 3.28. The molecule has 0 radical (unpaired) electrons. The first-order valence-electron chi connectivity index (χ1n) is 9.34. The van der Waals surface area contributed by atoms with E-state index in [1.165, 1.54) is 11.6 Å². The average Bonchev–Trinajstić information content (AvgIpc) is 2.83. The topological polar surface area (TPSA) is 79.3 Å². The van der Waals surface area contributed by atoms with Gasteiger partial charge in [0, 0.05) is 20.1 Å². The van der Waals surface area contributed by atoms with E-state index in [2.05, 4.69) is 22.2 Å². The lowest BCUT2D eigenvalue weighted by molar-refractivity contribution is -0.124. The van der Waals surface area contributed by atoms with Gasteiger partial charge in [-0.3, -0.25) is 9.59 Å². The van der Waals surface area contributed by atoms with Crippen LogP contribution in [-0.4, -0.2) is 59.1 Å². The quantitative estimate of drug-likeness (QED) is 0.790. The highest BCUT2D eigenvalue weighted by Gasteiger charge is 2.39. The van der Waals surface area contributed by atoms with Crippen molar-refractivity contribution in [3.8, 4) is 0 Å². The lowest BCUT2D eigenvalue weighted by Gasteiger charge is -2.29. The Morgan fingerprint density at radius 2 is 1.83 bits per heavy atom. The molecule has 0 fully saturated rings. The molecule has 0 spiro atoms. The maximum Gasteiger partial charge on any atom is 0.419 e. The largest absolute Gasteiger partial charge is 0.419 e. The van der Waals surface area contributed by atoms with Gasteiger partial charge in [-0.2, -0.15) is 13.2 Å². The summed E-state index contributed by atoms with van der Waals surface area (Å²) in [5.74, 6) is -1.44. The average molecular weight is 415 g/mol. The number of hydrogen-bond donors (Lipinski definition) is 2. The van der Waals surface area contributed by atoms with Gasteiger partial charge in [-0.25, -0.2) is 4.98 Å². The number of halogens is 3. The normalized spacial score (nSPS) is 16.6. The molecule has 0 bridgehead atoms. The third-order valence-electron chi connectivity index (χ3n) is 4.89. The molecule has 29 heavy (non-hydrogen) atoms. The summed E-state index contributed by atoms with van der Waals surface area (Å²) in [7, 11) is 3.28. The molecule has 0 saturated carbocycles. The van der Waals surface area contributed by atoms with Gasteiger partial charge in [-0.05, 0) is 25.4 Å². The zero-order valence-electron chi connectivity index (χ0n) is 17.4. The number of hydrogen-bond acceptors (Lipinski definition) is 4. The van der Waals surface area contributed by atoms with Crippen LogP contribution in [0.1, 0.15) is 49.2 Å². The predicted octanol–water partition coefficient (Wildman–Crippen LogP) is 2.18. The van der Waals surface area contributed by atoms with Crippen LogP contribution in [0.15, 0.2) is 6.58 Å². The summed E-state index contributed by atoms with van der Waals surface area (Å²) in [4.78, 5) is 31.2. The van der Waals surface area contributed by atoms with Gasteiger partial charge in [-0.15, -0.1) is 0 Å². The van der Waals surface area contributed by atoms with Crippen LogP contribution in [0.4, 0.5) is 13.2 Å². The maximum atomic E-state index is 13.3. The number of alkyl halides is 3. The molecule has 10 heteroatoms. The Balaban J connectivity index is 2.51. The molecule has 2 rings (SSSR count). The molecular formula is C19H28F3N5O2. The van der Waals surface area contributed by atoms with Gasteiger partial charge >= 0.3 is 6.18 Å². The Morgan fingerprint density at radius 3 is 2.34 bits per heavy atom. The Hall–Kier alpha value is -2.36. The summed E-state index contributed by atoms with van der Waals surface area (Å²) in [5, 5.41) is 5.14. The number of amides is 2. The van der Waals surface area contributed by atoms with Gasteiger partial charge in [0.25, 0.3) is 5.91 Å². The van der Waals surface area contributed by atoms with Crippen molar-refractivity contribution in [1.82, 2.24) is 25.1 Å². The highest BCUT2D eigenvalue weighted by Crippen LogP contribution is 2.34. The highest BCUT2D eigenvalue weighted by atomic mass is 19.4. The lowest BCUT2D eigenvalue weighted by atomic mass is 9.86. The van der Waals surface area contributed by atoms with Crippen molar-refractivity contribution in [2.24, 2.45) is 5.41 Å². The van der Waals surface area contributed by atoms with Gasteiger partial charge in [0.1, 0.15) is 11.9 Å². The first kappa shape index (κ1) is 22.9. The van der Waals surface area contributed by atoms with E-state index in [9.17, 15) is 22.8 Å². The van der Waals surface area contributed by atoms with Gasteiger partial charge in [0.05, 0.1) is 11.3 Å². The molecule has 1 aliphatic heterocycles. The van der Waals surface area contributed by atoms with Crippen molar-refractivity contribution in [3.63, 3.8) is 0 Å². The summed E-state index contributed by atoms with van der Waals surface area (Å²) in [6.45, 7) is 9.73. The Morgan fingerprint density at radius 1 is 1.21 bits per heavy atom. The van der Waals surface area contributed by atoms with Crippen LogP contribution < -0.4 is 10.6 Å². The predicted molar refractivity (Wildman–Crippen MR) is 103 cm³/mol. The van der Waals surface area contributed by atoms with Gasteiger partial charge in [0.2, 0.25) is 5.91 Å². The number of aromatic nitrogens is 2. The van der Waals surface area contributed by atoms with Crippen LogP contribution in [0.25, 0.3) is 5.57 Å². The van der Waals surface area contributed by atoms with Gasteiger partial charge in [-0.1, -0.05) is 27.4 Å². The van der Waals surface area contributed by atoms with Crippen LogP contribution in [-0.2, 0) is 17.9 Å². The van der Waals surface area contributed by atoms with Crippen molar-refractivity contribution < 1.29 is 22.8 Å². The second-order valence-corrected chi connectivity index (χ2v) is 8.34. The third kappa shape index (κ3) is 4.98. The number of imidazole rings is 1. The molecule has 1 aromatic heterocycles. The molecule has 2 amide bonds. The molecule has 1 aliphatic rings. The minimum atomic E-state index is -4.66. The van der Waals surface area contributed by atoms with Crippen molar-refractivity contribution in [2.75, 3.05) is 20.6 Å². The summed E-state index contributed by atoms with van der Waals surface area (Å²) in [5.41, 5.74) is -1.44. The summed E-state index contributed by atoms with van der Waals surface area (Å²) in [6.07, 6.45) is -4.05. The third-order valence-corrected chi connectivity index (χ3v) is 4.89. The van der Waals surface area contributed by atoms with Crippen molar-refractivity contribution >= 4 is 17.4 Å². The molecule has 162 valence electrons. The van der Waals surface area contributed by atoms with Crippen LogP contribution in [0.2, 0.25) is 0 Å². The zero-order valence-corrected chi connectivity index (χ0v) is 17.4. The number of fused-ring (bicyclic) bond motifs is 1. The molecule has 2 heterocycles. The number of rotatable bonds is 4. The van der Waals surface area contributed by atoms with Crippen molar-refractivity contribution in [1.29, 1.82) is 0 Å². The molecule has 0 aromatic carbocycles. The summed E-state index contributed by atoms with van der Waals surface area (Å²) < 4.78 is 41.3. The number of nitrogens with zero attached hydrogens (tertiary/aromatic N) is 3. The number of allylic oxidation sites excluding steroid dienone is 1. The van der Waals surface area contributed by atoms with E-state index in [0.29, 0.717) is 25.2 Å². The lowest BCUT2D eigenvalue weighted by Crippen LogP contribution is -2.53. The van der Waals surface area contributed by atoms with E-state index < -0.39 is 35.0 Å². The zero-order chi connectivity index (χ0) is 22.1. The van der Waals surface area contributed by atoms with E-state index in [1.807, 2.05) is 11.9 Å². The Bertz CT molecular complexity index is 808. The van der Waals surface area contributed by atoms with E-state index in [4.69, 9.17) is 0 Å². The fourth-order valence-electron chi connectivity index (χ4n) is 3.28. The highest BCUT2D eigenvalue weighted by molar-refractivity contribution is 5.97. The molecule has 2 N–H and O–H groups in total. The SMILES string of the molecule is C=C(c1nc(C(=O)NC(C(=O)NC)C(C)(C)C)c2n1CCCN(C)C2)C(F)(F)F. The minimum Gasteiger partial charge on any atom is -0.357 e. The van der Waals surface area contributed by atoms with E-state index in [1.54, 1.807) is 20.8 Å². The Labute approximate surface area is 168 Å². The van der Waals surface area contributed by atoms with E-state index in [-0.39, 0.29) is 18.1 Å². The van der Waals surface area contributed by atoms with E-state index >= 15 is 0 Å². The minimum absolute atomic E-state index is 0.114. The molecule has 1 unspecified atom stereocenters. The van der Waals surface area contributed by atoms with E-state index in [0.717, 1.165) is 0 Å². The molecule has 0 aliphatic carbocycles. The van der Waals surface area contributed by atoms with Gasteiger partial charge < -0.3 is 20.1 Å². The van der Waals surface area contributed by atoms with Crippen LogP contribution in [0, 0.1) is 5.41 Å². The van der Waals surface area contributed by atoms with Crippen molar-refractivity contribution in [3.05, 3.63) is 23.8 Å². The molecule has 1 atom stereocenters. The maximum absolute atomic E-state index is 13.3. The number of nitrogens with one attached hydrogen (secondary N) is 2. The fraction of sp³-hybridized carbons (Fsp3) is 0.632. The molecular weight excluding hydrogens is 387 g/mol. The first-order chi connectivity index (χ1) is 13.3. The first-order valence-corrected chi connectivity index (χ1v) is 9.34.